The summed E-state index contributed by atoms with van der Waals surface area (Å²) in [6.07, 6.45) is 1.91. The van der Waals surface area contributed by atoms with E-state index in [0.717, 1.165) is 37.3 Å². The maximum Gasteiger partial charge on any atom is 0.278 e. The molecule has 0 unspecified atom stereocenters. The Bertz CT molecular complexity index is 843. The number of halogens is 1. The summed E-state index contributed by atoms with van der Waals surface area (Å²) in [6.45, 7) is 6.31. The number of hydrogen-bond donors (Lipinski definition) is 2. The Morgan fingerprint density at radius 2 is 2.00 bits per heavy atom. The molecule has 0 radical (unpaired) electrons. The predicted octanol–water partition coefficient (Wildman–Crippen LogP) is 1.74. The van der Waals surface area contributed by atoms with E-state index in [-0.39, 0.29) is 17.6 Å². The van der Waals surface area contributed by atoms with Crippen molar-refractivity contribution in [1.29, 1.82) is 0 Å². The molecule has 0 bridgehead atoms. The van der Waals surface area contributed by atoms with Crippen molar-refractivity contribution in [2.75, 3.05) is 49.6 Å². The van der Waals surface area contributed by atoms with Crippen LogP contribution in [0.3, 0.4) is 0 Å². The van der Waals surface area contributed by atoms with Crippen LogP contribution in [0, 0.1) is 12.7 Å². The van der Waals surface area contributed by atoms with Crippen LogP contribution in [0.15, 0.2) is 18.2 Å². The molecule has 150 valence electrons. The second-order valence-electron chi connectivity index (χ2n) is 7.20. The number of morpholine rings is 1. The lowest BCUT2D eigenvalue weighted by atomic mass is 10.1. The molecule has 2 aliphatic rings. The fraction of sp³-hybridized carbons (Fsp3) is 0.526. The molecule has 3 heterocycles. The third kappa shape index (κ3) is 4.00. The first-order chi connectivity index (χ1) is 13.6. The van der Waals surface area contributed by atoms with Crippen molar-refractivity contribution < 1.29 is 13.9 Å². The number of amides is 1. The lowest BCUT2D eigenvalue weighted by molar-refractivity contribution is 0.102. The normalized spacial score (nSPS) is 18.3. The number of benzene rings is 1. The molecule has 2 fully saturated rings. The molecule has 1 amide bonds. The van der Waals surface area contributed by atoms with E-state index in [1.807, 2.05) is 16.5 Å². The summed E-state index contributed by atoms with van der Waals surface area (Å²) in [4.78, 5) is 14.8. The van der Waals surface area contributed by atoms with Crippen LogP contribution in [0.25, 0.3) is 0 Å². The van der Waals surface area contributed by atoms with Gasteiger partial charge in [-0.1, -0.05) is 5.21 Å². The van der Waals surface area contributed by atoms with Crippen molar-refractivity contribution in [3.05, 3.63) is 35.4 Å². The van der Waals surface area contributed by atoms with Gasteiger partial charge < -0.3 is 20.3 Å². The third-order valence-electron chi connectivity index (χ3n) is 5.31. The molecule has 2 aromatic rings. The van der Waals surface area contributed by atoms with Crippen molar-refractivity contribution in [3.63, 3.8) is 0 Å². The highest BCUT2D eigenvalue weighted by Crippen LogP contribution is 2.24. The van der Waals surface area contributed by atoms with E-state index in [2.05, 4.69) is 20.9 Å². The number of hydrogen-bond acceptors (Lipinski definition) is 6. The number of rotatable bonds is 4. The molecule has 2 N–H and O–H groups in total. The molecule has 9 heteroatoms. The van der Waals surface area contributed by atoms with Gasteiger partial charge in [0.05, 0.1) is 24.9 Å². The van der Waals surface area contributed by atoms with E-state index >= 15 is 0 Å². The quantitative estimate of drug-likeness (QED) is 0.830. The first-order valence-corrected chi connectivity index (χ1v) is 9.69. The summed E-state index contributed by atoms with van der Waals surface area (Å²) in [7, 11) is 0. The molecule has 1 aromatic heterocycles. The molecule has 4 rings (SSSR count). The molecule has 0 saturated carbocycles. The number of ether oxygens (including phenoxy) is 1. The SMILES string of the molecule is Cc1c(C(=O)Nc2cc(F)cc(N3CCOCC3)c2)nnn1C1CCNCC1. The van der Waals surface area contributed by atoms with Crippen LogP contribution < -0.4 is 15.5 Å². The number of carbonyl (C=O) groups excluding carboxylic acids is 1. The van der Waals surface area contributed by atoms with Crippen LogP contribution >= 0.6 is 0 Å². The Hall–Kier alpha value is -2.52. The molecular formula is C19H25FN6O2. The minimum absolute atomic E-state index is 0.248. The molecule has 2 saturated heterocycles. The van der Waals surface area contributed by atoms with Gasteiger partial charge in [-0.05, 0) is 51.1 Å². The molecular weight excluding hydrogens is 363 g/mol. The monoisotopic (exact) mass is 388 g/mol. The third-order valence-corrected chi connectivity index (χ3v) is 5.31. The highest BCUT2D eigenvalue weighted by atomic mass is 19.1. The number of carbonyl (C=O) groups is 1. The lowest BCUT2D eigenvalue weighted by Crippen LogP contribution is -2.36. The zero-order valence-corrected chi connectivity index (χ0v) is 15.9. The van der Waals surface area contributed by atoms with E-state index in [1.165, 1.54) is 12.1 Å². The van der Waals surface area contributed by atoms with Crippen LogP contribution in [-0.4, -0.2) is 60.3 Å². The van der Waals surface area contributed by atoms with Crippen LogP contribution in [0.5, 0.6) is 0 Å². The van der Waals surface area contributed by atoms with Gasteiger partial charge in [-0.15, -0.1) is 5.10 Å². The molecule has 28 heavy (non-hydrogen) atoms. The van der Waals surface area contributed by atoms with Gasteiger partial charge in [0.1, 0.15) is 5.82 Å². The van der Waals surface area contributed by atoms with Crippen LogP contribution in [0.4, 0.5) is 15.8 Å². The number of piperidine rings is 1. The van der Waals surface area contributed by atoms with Crippen molar-refractivity contribution in [2.24, 2.45) is 0 Å². The van der Waals surface area contributed by atoms with Crippen molar-refractivity contribution in [1.82, 2.24) is 20.3 Å². The maximum atomic E-state index is 14.1. The standard InChI is InChI=1S/C19H25FN6O2/c1-13-18(23-24-26(13)16-2-4-21-5-3-16)19(27)22-15-10-14(20)11-17(12-15)25-6-8-28-9-7-25/h10-12,16,21H,2-9H2,1H3,(H,22,27). The van der Waals surface area contributed by atoms with Crippen LogP contribution in [0.1, 0.15) is 35.1 Å². The first-order valence-electron chi connectivity index (χ1n) is 9.69. The average Bonchev–Trinajstić information content (AvgIpc) is 3.10. The van der Waals surface area contributed by atoms with E-state index in [9.17, 15) is 9.18 Å². The summed E-state index contributed by atoms with van der Waals surface area (Å²) in [5, 5.41) is 14.4. The second kappa shape index (κ2) is 8.24. The number of nitrogens with one attached hydrogen (secondary N) is 2. The summed E-state index contributed by atoms with van der Waals surface area (Å²) < 4.78 is 21.3. The van der Waals surface area contributed by atoms with Crippen molar-refractivity contribution in [3.8, 4) is 0 Å². The smallest absolute Gasteiger partial charge is 0.278 e. The maximum absolute atomic E-state index is 14.1. The van der Waals surface area contributed by atoms with Gasteiger partial charge in [0.25, 0.3) is 5.91 Å². The number of anilines is 2. The van der Waals surface area contributed by atoms with Gasteiger partial charge >= 0.3 is 0 Å². The van der Waals surface area contributed by atoms with E-state index in [1.54, 1.807) is 6.07 Å². The predicted molar refractivity (Wildman–Crippen MR) is 103 cm³/mol. The Morgan fingerprint density at radius 1 is 1.25 bits per heavy atom. The minimum atomic E-state index is -0.394. The molecule has 2 aliphatic heterocycles. The lowest BCUT2D eigenvalue weighted by Gasteiger charge is -2.29. The zero-order chi connectivity index (χ0) is 19.5. The topological polar surface area (TPSA) is 84.3 Å². The molecule has 1 aromatic carbocycles. The van der Waals surface area contributed by atoms with Gasteiger partial charge in [0.15, 0.2) is 5.69 Å². The highest BCUT2D eigenvalue weighted by Gasteiger charge is 2.23. The van der Waals surface area contributed by atoms with E-state index in [4.69, 9.17) is 4.74 Å². The summed E-state index contributed by atoms with van der Waals surface area (Å²) in [5.74, 6) is -0.773. The van der Waals surface area contributed by atoms with Gasteiger partial charge in [-0.3, -0.25) is 4.79 Å². The molecule has 8 nitrogen and oxygen atoms in total. The molecule has 0 spiro atoms. The number of nitrogens with zero attached hydrogens (tertiary/aromatic N) is 4. The van der Waals surface area contributed by atoms with E-state index < -0.39 is 5.82 Å². The van der Waals surface area contributed by atoms with Crippen molar-refractivity contribution >= 4 is 17.3 Å². The fourth-order valence-corrected chi connectivity index (χ4v) is 3.79. The minimum Gasteiger partial charge on any atom is -0.378 e. The Kier molecular flexibility index (Phi) is 5.54. The summed E-state index contributed by atoms with van der Waals surface area (Å²) in [6, 6.07) is 4.81. The van der Waals surface area contributed by atoms with Crippen molar-refractivity contribution in [2.45, 2.75) is 25.8 Å². The molecule has 0 atom stereocenters. The second-order valence-corrected chi connectivity index (χ2v) is 7.20. The summed E-state index contributed by atoms with van der Waals surface area (Å²) in [5.41, 5.74) is 2.14. The first kappa shape index (κ1) is 18.8. The highest BCUT2D eigenvalue weighted by molar-refractivity contribution is 6.03. The fourth-order valence-electron chi connectivity index (χ4n) is 3.79. The Labute approximate surface area is 163 Å². The summed E-state index contributed by atoms with van der Waals surface area (Å²) >= 11 is 0. The Morgan fingerprint density at radius 3 is 2.75 bits per heavy atom. The zero-order valence-electron chi connectivity index (χ0n) is 15.9. The van der Waals surface area contributed by atoms with Crippen LogP contribution in [0.2, 0.25) is 0 Å². The Balaban J connectivity index is 1.50. The number of aromatic nitrogens is 3. The molecule has 0 aliphatic carbocycles. The average molecular weight is 388 g/mol. The largest absolute Gasteiger partial charge is 0.378 e. The van der Waals surface area contributed by atoms with Gasteiger partial charge in [0, 0.05) is 24.5 Å². The van der Waals surface area contributed by atoms with Gasteiger partial charge in [-0.25, -0.2) is 9.07 Å². The van der Waals surface area contributed by atoms with Gasteiger partial charge in [-0.2, -0.15) is 0 Å². The van der Waals surface area contributed by atoms with E-state index in [0.29, 0.717) is 32.0 Å². The van der Waals surface area contributed by atoms with Gasteiger partial charge in [0.2, 0.25) is 0 Å². The van der Waals surface area contributed by atoms with Crippen LogP contribution in [-0.2, 0) is 4.74 Å².